The molecule has 16 heavy (non-hydrogen) atoms. The number of hydrogen-bond acceptors (Lipinski definition) is 4. The molecule has 0 radical (unpaired) electrons. The maximum atomic E-state index is 10.8. The number of aromatic carboxylic acids is 1. The molecule has 5 nitrogen and oxygen atoms in total. The Morgan fingerprint density at radius 2 is 2.44 bits per heavy atom. The maximum Gasteiger partial charge on any atom is 0.335 e. The number of nitrogens with zero attached hydrogens (tertiary/aromatic N) is 2. The second-order valence-corrected chi connectivity index (χ2v) is 3.88. The fourth-order valence-electron chi connectivity index (χ4n) is 2.04. The number of carboxylic acids is 1. The number of hydrogen-bond donors (Lipinski definition) is 2. The van der Waals surface area contributed by atoms with Gasteiger partial charge in [-0.1, -0.05) is 0 Å². The molecule has 86 valence electrons. The molecule has 0 bridgehead atoms. The fraction of sp³-hybridized carbons (Fsp3) is 0.455. The lowest BCUT2D eigenvalue weighted by Gasteiger charge is -2.24. The van der Waals surface area contributed by atoms with Crippen LogP contribution in [0.5, 0.6) is 0 Å². The first-order valence-corrected chi connectivity index (χ1v) is 5.29. The van der Waals surface area contributed by atoms with Crippen molar-refractivity contribution in [3.8, 4) is 0 Å². The molecule has 2 heterocycles. The van der Waals surface area contributed by atoms with Crippen LogP contribution in [0.1, 0.15) is 23.2 Å². The molecule has 0 amide bonds. The molecule has 5 heteroatoms. The van der Waals surface area contributed by atoms with Gasteiger partial charge < -0.3 is 15.1 Å². The summed E-state index contributed by atoms with van der Waals surface area (Å²) >= 11 is 0. The van der Waals surface area contributed by atoms with Crippen molar-refractivity contribution in [1.82, 2.24) is 4.98 Å². The summed E-state index contributed by atoms with van der Waals surface area (Å²) in [5, 5.41) is 18.1. The van der Waals surface area contributed by atoms with Crippen molar-refractivity contribution in [3.63, 3.8) is 0 Å². The molecular weight excluding hydrogens is 208 g/mol. The zero-order chi connectivity index (χ0) is 11.5. The van der Waals surface area contributed by atoms with Crippen LogP contribution in [-0.2, 0) is 0 Å². The Morgan fingerprint density at radius 1 is 1.62 bits per heavy atom. The van der Waals surface area contributed by atoms with Crippen LogP contribution in [0.4, 0.5) is 5.82 Å². The van der Waals surface area contributed by atoms with Crippen LogP contribution in [0.25, 0.3) is 0 Å². The van der Waals surface area contributed by atoms with E-state index in [1.807, 2.05) is 4.90 Å². The molecule has 0 spiro atoms. The minimum Gasteiger partial charge on any atom is -0.478 e. The van der Waals surface area contributed by atoms with Gasteiger partial charge in [0.1, 0.15) is 5.82 Å². The SMILES string of the molecule is O=C(O)c1ccnc(N2CCCC2CO)c1. The molecule has 1 aromatic rings. The number of carboxylic acid groups (broad SMARTS) is 1. The Morgan fingerprint density at radius 3 is 3.12 bits per heavy atom. The molecule has 1 aliphatic rings. The summed E-state index contributed by atoms with van der Waals surface area (Å²) in [5.74, 6) is -0.320. The van der Waals surface area contributed by atoms with Crippen LogP contribution < -0.4 is 4.90 Å². The van der Waals surface area contributed by atoms with Gasteiger partial charge in [0.05, 0.1) is 18.2 Å². The summed E-state index contributed by atoms with van der Waals surface area (Å²) in [7, 11) is 0. The Balaban J connectivity index is 2.26. The molecule has 1 fully saturated rings. The van der Waals surface area contributed by atoms with Crippen molar-refractivity contribution in [2.45, 2.75) is 18.9 Å². The first-order valence-electron chi connectivity index (χ1n) is 5.29. The highest BCUT2D eigenvalue weighted by Crippen LogP contribution is 2.23. The topological polar surface area (TPSA) is 73.7 Å². The number of aromatic nitrogens is 1. The molecule has 1 aromatic heterocycles. The van der Waals surface area contributed by atoms with Crippen LogP contribution in [0.2, 0.25) is 0 Å². The van der Waals surface area contributed by atoms with Crippen molar-refractivity contribution < 1.29 is 15.0 Å². The number of carbonyl (C=O) groups is 1. The third-order valence-corrected chi connectivity index (χ3v) is 2.87. The second-order valence-electron chi connectivity index (χ2n) is 3.88. The number of rotatable bonds is 3. The van der Waals surface area contributed by atoms with Gasteiger partial charge in [0.2, 0.25) is 0 Å². The molecule has 1 atom stereocenters. The lowest BCUT2D eigenvalue weighted by Crippen LogP contribution is -2.32. The largest absolute Gasteiger partial charge is 0.478 e. The van der Waals surface area contributed by atoms with Gasteiger partial charge in [-0.05, 0) is 25.0 Å². The lowest BCUT2D eigenvalue weighted by atomic mass is 10.2. The normalized spacial score (nSPS) is 20.1. The highest BCUT2D eigenvalue weighted by Gasteiger charge is 2.25. The van der Waals surface area contributed by atoms with Gasteiger partial charge in [-0.25, -0.2) is 9.78 Å². The summed E-state index contributed by atoms with van der Waals surface area (Å²) in [6.07, 6.45) is 3.42. The van der Waals surface area contributed by atoms with Crippen LogP contribution >= 0.6 is 0 Å². The van der Waals surface area contributed by atoms with Crippen LogP contribution in [0.3, 0.4) is 0 Å². The summed E-state index contributed by atoms with van der Waals surface area (Å²) < 4.78 is 0. The molecule has 0 saturated carbocycles. The third kappa shape index (κ3) is 1.99. The first-order chi connectivity index (χ1) is 7.72. The van der Waals surface area contributed by atoms with Crippen LogP contribution in [0.15, 0.2) is 18.3 Å². The van der Waals surface area contributed by atoms with E-state index < -0.39 is 5.97 Å². The number of anilines is 1. The minimum atomic E-state index is -0.955. The molecule has 2 rings (SSSR count). The summed E-state index contributed by atoms with van der Waals surface area (Å²) in [4.78, 5) is 16.9. The van der Waals surface area contributed by atoms with Crippen molar-refractivity contribution >= 4 is 11.8 Å². The standard InChI is InChI=1S/C11H14N2O3/c14-7-9-2-1-5-13(9)10-6-8(11(15)16)3-4-12-10/h3-4,6,9,14H,1-2,5,7H2,(H,15,16). The molecule has 0 aromatic carbocycles. The van der Waals surface area contributed by atoms with E-state index in [2.05, 4.69) is 4.98 Å². The third-order valence-electron chi connectivity index (χ3n) is 2.87. The van der Waals surface area contributed by atoms with Gasteiger partial charge in [0, 0.05) is 12.7 Å². The van der Waals surface area contributed by atoms with E-state index in [0.29, 0.717) is 5.82 Å². The van der Waals surface area contributed by atoms with Crippen molar-refractivity contribution in [2.75, 3.05) is 18.1 Å². The zero-order valence-corrected chi connectivity index (χ0v) is 8.83. The second kappa shape index (κ2) is 4.49. The Hall–Kier alpha value is -1.62. The monoisotopic (exact) mass is 222 g/mol. The van der Waals surface area contributed by atoms with E-state index in [4.69, 9.17) is 5.11 Å². The van der Waals surface area contributed by atoms with Crippen LogP contribution in [0, 0.1) is 0 Å². The van der Waals surface area contributed by atoms with Gasteiger partial charge >= 0.3 is 5.97 Å². The van der Waals surface area contributed by atoms with Crippen molar-refractivity contribution in [2.24, 2.45) is 0 Å². The predicted molar refractivity (Wildman–Crippen MR) is 58.7 cm³/mol. The fourth-order valence-corrected chi connectivity index (χ4v) is 2.04. The van der Waals surface area contributed by atoms with E-state index in [-0.39, 0.29) is 18.2 Å². The Kier molecular flexibility index (Phi) is 3.05. The Bertz CT molecular complexity index is 395. The van der Waals surface area contributed by atoms with Crippen molar-refractivity contribution in [3.05, 3.63) is 23.9 Å². The van der Waals surface area contributed by atoms with E-state index in [9.17, 15) is 9.90 Å². The number of aliphatic hydroxyl groups excluding tert-OH is 1. The van der Waals surface area contributed by atoms with Gasteiger partial charge in [-0.15, -0.1) is 0 Å². The zero-order valence-electron chi connectivity index (χ0n) is 8.83. The molecule has 1 unspecified atom stereocenters. The summed E-state index contributed by atoms with van der Waals surface area (Å²) in [5.41, 5.74) is 0.230. The number of aliphatic hydroxyl groups is 1. The van der Waals surface area contributed by atoms with E-state index >= 15 is 0 Å². The van der Waals surface area contributed by atoms with Gasteiger partial charge in [0.15, 0.2) is 0 Å². The number of pyridine rings is 1. The Labute approximate surface area is 93.3 Å². The minimum absolute atomic E-state index is 0.0662. The van der Waals surface area contributed by atoms with E-state index in [1.165, 1.54) is 12.3 Å². The maximum absolute atomic E-state index is 10.8. The van der Waals surface area contributed by atoms with E-state index in [0.717, 1.165) is 19.4 Å². The van der Waals surface area contributed by atoms with Crippen molar-refractivity contribution in [1.29, 1.82) is 0 Å². The molecule has 0 aliphatic carbocycles. The highest BCUT2D eigenvalue weighted by molar-refractivity contribution is 5.88. The van der Waals surface area contributed by atoms with E-state index in [1.54, 1.807) is 6.07 Å². The predicted octanol–water partition coefficient (Wildman–Crippen LogP) is 0.741. The lowest BCUT2D eigenvalue weighted by molar-refractivity contribution is 0.0697. The average molecular weight is 222 g/mol. The van der Waals surface area contributed by atoms with Gasteiger partial charge in [0.25, 0.3) is 0 Å². The van der Waals surface area contributed by atoms with Gasteiger partial charge in [-0.3, -0.25) is 0 Å². The first kappa shape index (κ1) is 10.9. The smallest absolute Gasteiger partial charge is 0.335 e. The highest BCUT2D eigenvalue weighted by atomic mass is 16.4. The average Bonchev–Trinajstić information content (AvgIpc) is 2.77. The molecular formula is C11H14N2O3. The van der Waals surface area contributed by atoms with Gasteiger partial charge in [-0.2, -0.15) is 0 Å². The van der Waals surface area contributed by atoms with Crippen LogP contribution in [-0.4, -0.2) is 40.4 Å². The molecule has 1 saturated heterocycles. The quantitative estimate of drug-likeness (QED) is 0.789. The summed E-state index contributed by atoms with van der Waals surface area (Å²) in [6, 6.07) is 3.09. The molecule has 2 N–H and O–H groups in total. The molecule has 1 aliphatic heterocycles. The summed E-state index contributed by atoms with van der Waals surface area (Å²) in [6.45, 7) is 0.903.